The second-order valence-corrected chi connectivity index (χ2v) is 8.74. The zero-order chi connectivity index (χ0) is 15.9. The molecule has 2 aliphatic rings. The largest absolute Gasteiger partial charge is 0.390 e. The average molecular weight is 290 g/mol. The Kier molecular flexibility index (Phi) is 4.46. The molecule has 0 amide bonds. The molecular formula is C20H34O. The fourth-order valence-corrected chi connectivity index (χ4v) is 5.53. The minimum absolute atomic E-state index is 0.265. The molecule has 0 heterocycles. The molecule has 0 saturated heterocycles. The standard InChI is InChI=1S/C20H34O/c1-7-15(2)9-10-17-19(5)13-8-12-18(3,4)16(19)11-14-20(17,6)21/h7,9,16-17,21H,1,8,10-14H2,2-6H3/b15-9-/t16-,17+,19-,20+/m1/s1. The van der Waals surface area contributed by atoms with Crippen molar-refractivity contribution in [1.29, 1.82) is 0 Å². The lowest BCUT2D eigenvalue weighted by atomic mass is 9.45. The van der Waals surface area contributed by atoms with Crippen LogP contribution in [0.4, 0.5) is 0 Å². The first-order chi connectivity index (χ1) is 9.63. The predicted molar refractivity (Wildman–Crippen MR) is 91.1 cm³/mol. The third-order valence-electron chi connectivity index (χ3n) is 6.76. The molecule has 2 aliphatic carbocycles. The monoisotopic (exact) mass is 290 g/mol. The van der Waals surface area contributed by atoms with Crippen LogP contribution in [0, 0.1) is 22.7 Å². The highest BCUT2D eigenvalue weighted by Gasteiger charge is 2.57. The van der Waals surface area contributed by atoms with E-state index in [9.17, 15) is 5.11 Å². The number of allylic oxidation sites excluding steroid dienone is 3. The molecule has 21 heavy (non-hydrogen) atoms. The third kappa shape index (κ3) is 2.99. The van der Waals surface area contributed by atoms with Crippen molar-refractivity contribution in [3.63, 3.8) is 0 Å². The maximum Gasteiger partial charge on any atom is 0.0656 e. The van der Waals surface area contributed by atoms with Gasteiger partial charge in [0.05, 0.1) is 5.60 Å². The molecule has 0 spiro atoms. The van der Waals surface area contributed by atoms with E-state index >= 15 is 0 Å². The lowest BCUT2D eigenvalue weighted by molar-refractivity contribution is -0.165. The van der Waals surface area contributed by atoms with Crippen LogP contribution in [0.3, 0.4) is 0 Å². The number of aliphatic hydroxyl groups is 1. The molecule has 0 aromatic rings. The summed E-state index contributed by atoms with van der Waals surface area (Å²) in [5.41, 5.74) is 1.38. The Morgan fingerprint density at radius 3 is 2.48 bits per heavy atom. The molecule has 1 N–H and O–H groups in total. The van der Waals surface area contributed by atoms with E-state index in [0.717, 1.165) is 18.8 Å². The fourth-order valence-electron chi connectivity index (χ4n) is 5.53. The molecule has 4 atom stereocenters. The van der Waals surface area contributed by atoms with Crippen LogP contribution in [0.1, 0.15) is 73.1 Å². The van der Waals surface area contributed by atoms with E-state index in [-0.39, 0.29) is 5.41 Å². The Labute approximate surface area is 131 Å². The van der Waals surface area contributed by atoms with Gasteiger partial charge in [-0.25, -0.2) is 0 Å². The summed E-state index contributed by atoms with van der Waals surface area (Å²) in [5, 5.41) is 11.0. The van der Waals surface area contributed by atoms with E-state index in [4.69, 9.17) is 0 Å². The van der Waals surface area contributed by atoms with Gasteiger partial charge < -0.3 is 5.11 Å². The molecule has 0 unspecified atom stereocenters. The summed E-state index contributed by atoms with van der Waals surface area (Å²) in [7, 11) is 0. The summed E-state index contributed by atoms with van der Waals surface area (Å²) in [5.74, 6) is 1.10. The van der Waals surface area contributed by atoms with Crippen LogP contribution in [-0.4, -0.2) is 10.7 Å². The molecule has 0 radical (unpaired) electrons. The maximum absolute atomic E-state index is 11.0. The minimum atomic E-state index is -0.531. The molecular weight excluding hydrogens is 256 g/mol. The van der Waals surface area contributed by atoms with Crippen molar-refractivity contribution in [2.75, 3.05) is 0 Å². The Balaban J connectivity index is 2.35. The molecule has 0 aromatic carbocycles. The summed E-state index contributed by atoms with van der Waals surface area (Å²) in [6.07, 6.45) is 11.2. The van der Waals surface area contributed by atoms with Gasteiger partial charge >= 0.3 is 0 Å². The van der Waals surface area contributed by atoms with Crippen molar-refractivity contribution >= 4 is 0 Å². The molecule has 2 rings (SSSR count). The van der Waals surface area contributed by atoms with Gasteiger partial charge in [-0.2, -0.15) is 0 Å². The molecule has 0 bridgehead atoms. The van der Waals surface area contributed by atoms with Crippen LogP contribution >= 0.6 is 0 Å². The van der Waals surface area contributed by atoms with E-state index in [0.29, 0.717) is 11.3 Å². The van der Waals surface area contributed by atoms with E-state index < -0.39 is 5.60 Å². The second-order valence-electron chi connectivity index (χ2n) is 8.74. The zero-order valence-corrected chi connectivity index (χ0v) is 14.7. The van der Waals surface area contributed by atoms with Crippen LogP contribution in [0.15, 0.2) is 24.3 Å². The number of fused-ring (bicyclic) bond motifs is 1. The summed E-state index contributed by atoms with van der Waals surface area (Å²) in [6.45, 7) is 15.4. The first kappa shape index (κ1) is 16.8. The van der Waals surface area contributed by atoms with Gasteiger partial charge in [-0.15, -0.1) is 0 Å². The first-order valence-electron chi connectivity index (χ1n) is 8.65. The SMILES string of the molecule is C=C/C(C)=C\C[C@H]1[C@]2(C)CCCC(C)(C)[C@H]2CC[C@]1(C)O. The molecule has 2 saturated carbocycles. The molecule has 2 fully saturated rings. The minimum Gasteiger partial charge on any atom is -0.390 e. The van der Waals surface area contributed by atoms with Crippen molar-refractivity contribution in [1.82, 2.24) is 0 Å². The van der Waals surface area contributed by atoms with Crippen molar-refractivity contribution in [3.05, 3.63) is 24.3 Å². The molecule has 1 heteroatoms. The second kappa shape index (κ2) is 5.57. The lowest BCUT2D eigenvalue weighted by Crippen LogP contribution is -2.57. The van der Waals surface area contributed by atoms with Crippen LogP contribution in [-0.2, 0) is 0 Å². The van der Waals surface area contributed by atoms with E-state index in [1.807, 2.05) is 6.08 Å². The van der Waals surface area contributed by atoms with Crippen LogP contribution < -0.4 is 0 Å². The summed E-state index contributed by atoms with van der Waals surface area (Å²) < 4.78 is 0. The number of hydrogen-bond acceptors (Lipinski definition) is 1. The van der Waals surface area contributed by atoms with Gasteiger partial charge in [-0.1, -0.05) is 51.5 Å². The van der Waals surface area contributed by atoms with E-state index in [1.165, 1.54) is 31.3 Å². The van der Waals surface area contributed by atoms with E-state index in [1.54, 1.807) is 0 Å². The number of rotatable bonds is 3. The van der Waals surface area contributed by atoms with Gasteiger partial charge in [0, 0.05) is 0 Å². The average Bonchev–Trinajstić information content (AvgIpc) is 2.35. The van der Waals surface area contributed by atoms with Crippen molar-refractivity contribution in [2.45, 2.75) is 78.7 Å². The Morgan fingerprint density at radius 2 is 1.86 bits per heavy atom. The summed E-state index contributed by atoms with van der Waals surface area (Å²) in [6, 6.07) is 0. The predicted octanol–water partition coefficient (Wildman–Crippen LogP) is 5.50. The highest BCUT2D eigenvalue weighted by Crippen LogP contribution is 2.62. The smallest absolute Gasteiger partial charge is 0.0656 e. The quantitative estimate of drug-likeness (QED) is 0.680. The van der Waals surface area contributed by atoms with Crippen molar-refractivity contribution in [2.24, 2.45) is 22.7 Å². The van der Waals surface area contributed by atoms with Gasteiger partial charge in [0.25, 0.3) is 0 Å². The topological polar surface area (TPSA) is 20.2 Å². The van der Waals surface area contributed by atoms with Crippen molar-refractivity contribution < 1.29 is 5.11 Å². The Bertz CT molecular complexity index is 429. The van der Waals surface area contributed by atoms with Gasteiger partial charge in [-0.05, 0) is 68.6 Å². The summed E-state index contributed by atoms with van der Waals surface area (Å²) in [4.78, 5) is 0. The molecule has 120 valence electrons. The number of hydrogen-bond donors (Lipinski definition) is 1. The molecule has 0 aliphatic heterocycles. The van der Waals surface area contributed by atoms with E-state index in [2.05, 4.69) is 47.3 Å². The van der Waals surface area contributed by atoms with Crippen LogP contribution in [0.5, 0.6) is 0 Å². The Hall–Kier alpha value is -0.560. The first-order valence-corrected chi connectivity index (χ1v) is 8.65. The highest BCUT2D eigenvalue weighted by molar-refractivity contribution is 5.15. The Morgan fingerprint density at radius 1 is 1.19 bits per heavy atom. The summed E-state index contributed by atoms with van der Waals surface area (Å²) >= 11 is 0. The lowest BCUT2D eigenvalue weighted by Gasteiger charge is -2.61. The highest BCUT2D eigenvalue weighted by atomic mass is 16.3. The van der Waals surface area contributed by atoms with Gasteiger partial charge in [-0.3, -0.25) is 0 Å². The molecule has 0 aromatic heterocycles. The van der Waals surface area contributed by atoms with Crippen molar-refractivity contribution in [3.8, 4) is 0 Å². The molecule has 1 nitrogen and oxygen atoms in total. The maximum atomic E-state index is 11.0. The fraction of sp³-hybridized carbons (Fsp3) is 0.800. The van der Waals surface area contributed by atoms with Gasteiger partial charge in [0.2, 0.25) is 0 Å². The van der Waals surface area contributed by atoms with Crippen LogP contribution in [0.25, 0.3) is 0 Å². The zero-order valence-electron chi connectivity index (χ0n) is 14.7. The van der Waals surface area contributed by atoms with Gasteiger partial charge in [0.15, 0.2) is 0 Å². The van der Waals surface area contributed by atoms with Crippen LogP contribution in [0.2, 0.25) is 0 Å². The third-order valence-corrected chi connectivity index (χ3v) is 6.76. The normalized spacial score (nSPS) is 43.2. The van der Waals surface area contributed by atoms with Gasteiger partial charge in [0.1, 0.15) is 0 Å².